The number of aryl methyl sites for hydroxylation is 4. The highest BCUT2D eigenvalue weighted by atomic mass is 32.2. The van der Waals surface area contributed by atoms with Crippen LogP contribution in [0.3, 0.4) is 0 Å². The number of aromatic nitrogens is 1. The molecule has 1 aromatic heterocycles. The maximum Gasteiger partial charge on any atom is 0.174 e. The summed E-state index contributed by atoms with van der Waals surface area (Å²) in [5.41, 5.74) is 5.37. The molecule has 2 aromatic rings. The second-order valence-electron chi connectivity index (χ2n) is 4.95. The Morgan fingerprint density at radius 1 is 1.11 bits per heavy atom. The Morgan fingerprint density at radius 2 is 1.84 bits per heavy atom. The number of aromatic amines is 1. The Morgan fingerprint density at radius 3 is 2.42 bits per heavy atom. The van der Waals surface area contributed by atoms with Gasteiger partial charge in [0.2, 0.25) is 0 Å². The molecule has 0 spiro atoms. The van der Waals surface area contributed by atoms with Gasteiger partial charge < -0.3 is 4.98 Å². The van der Waals surface area contributed by atoms with Crippen molar-refractivity contribution >= 4 is 17.5 Å². The lowest BCUT2D eigenvalue weighted by atomic mass is 10.1. The van der Waals surface area contributed by atoms with Crippen LogP contribution in [0, 0.1) is 27.7 Å². The van der Waals surface area contributed by atoms with Crippen molar-refractivity contribution in [3.8, 4) is 0 Å². The van der Waals surface area contributed by atoms with E-state index in [1.54, 1.807) is 11.8 Å². The number of rotatable bonds is 4. The largest absolute Gasteiger partial charge is 0.362 e. The summed E-state index contributed by atoms with van der Waals surface area (Å²) in [5.74, 6) is 0.672. The van der Waals surface area contributed by atoms with Crippen LogP contribution < -0.4 is 0 Å². The quantitative estimate of drug-likeness (QED) is 0.668. The van der Waals surface area contributed by atoms with E-state index in [1.807, 2.05) is 19.9 Å². The van der Waals surface area contributed by atoms with E-state index >= 15 is 0 Å². The third-order valence-corrected chi connectivity index (χ3v) is 4.29. The summed E-state index contributed by atoms with van der Waals surface area (Å²) < 4.78 is 0. The molecule has 0 aliphatic heterocycles. The predicted molar refractivity (Wildman–Crippen MR) is 81.2 cm³/mol. The van der Waals surface area contributed by atoms with Gasteiger partial charge in [0.15, 0.2) is 5.78 Å². The zero-order valence-electron chi connectivity index (χ0n) is 11.8. The van der Waals surface area contributed by atoms with Gasteiger partial charge in [-0.25, -0.2) is 0 Å². The van der Waals surface area contributed by atoms with Crippen LogP contribution in [-0.2, 0) is 0 Å². The molecular weight excluding hydrogens is 254 g/mol. The SMILES string of the molecule is Cc1cc(C(=O)CSc2ccc(C)c(C)c2)c(C)[nH]1. The predicted octanol–water partition coefficient (Wildman–Crippen LogP) is 4.22. The molecule has 0 bridgehead atoms. The average Bonchev–Trinajstić information content (AvgIpc) is 2.70. The summed E-state index contributed by atoms with van der Waals surface area (Å²) in [6.45, 7) is 8.11. The van der Waals surface area contributed by atoms with Gasteiger partial charge in [0, 0.05) is 21.8 Å². The van der Waals surface area contributed by atoms with Gasteiger partial charge >= 0.3 is 0 Å². The van der Waals surface area contributed by atoms with Crippen molar-refractivity contribution in [2.45, 2.75) is 32.6 Å². The van der Waals surface area contributed by atoms with Crippen LogP contribution >= 0.6 is 11.8 Å². The Balaban J connectivity index is 2.04. The van der Waals surface area contributed by atoms with Crippen LogP contribution in [0.2, 0.25) is 0 Å². The molecule has 2 rings (SSSR count). The van der Waals surface area contributed by atoms with Crippen molar-refractivity contribution in [1.82, 2.24) is 4.98 Å². The first-order chi connectivity index (χ1) is 8.97. The van der Waals surface area contributed by atoms with Gasteiger partial charge in [-0.05, 0) is 57.0 Å². The zero-order chi connectivity index (χ0) is 14.0. The van der Waals surface area contributed by atoms with E-state index in [0.29, 0.717) is 5.75 Å². The Hall–Kier alpha value is -1.48. The monoisotopic (exact) mass is 273 g/mol. The molecule has 3 heteroatoms. The Bertz CT molecular complexity index is 613. The molecule has 0 fully saturated rings. The van der Waals surface area contributed by atoms with E-state index in [2.05, 4.69) is 37.0 Å². The third kappa shape index (κ3) is 3.29. The summed E-state index contributed by atoms with van der Waals surface area (Å²) in [5, 5.41) is 0. The first-order valence-corrected chi connectivity index (χ1v) is 7.35. The van der Waals surface area contributed by atoms with Crippen molar-refractivity contribution in [2.24, 2.45) is 0 Å². The maximum absolute atomic E-state index is 12.2. The highest BCUT2D eigenvalue weighted by molar-refractivity contribution is 8.00. The van der Waals surface area contributed by atoms with Gasteiger partial charge in [-0.1, -0.05) is 6.07 Å². The fourth-order valence-electron chi connectivity index (χ4n) is 2.04. The minimum atomic E-state index is 0.185. The molecule has 0 atom stereocenters. The molecule has 1 N–H and O–H groups in total. The molecule has 19 heavy (non-hydrogen) atoms. The van der Waals surface area contributed by atoms with Crippen LogP contribution in [-0.4, -0.2) is 16.5 Å². The van der Waals surface area contributed by atoms with Crippen molar-refractivity contribution in [3.05, 3.63) is 52.3 Å². The number of benzene rings is 1. The smallest absolute Gasteiger partial charge is 0.174 e. The topological polar surface area (TPSA) is 32.9 Å². The van der Waals surface area contributed by atoms with Crippen molar-refractivity contribution in [3.63, 3.8) is 0 Å². The molecule has 0 aliphatic rings. The summed E-state index contributed by atoms with van der Waals surface area (Å²) in [7, 11) is 0. The molecule has 0 saturated heterocycles. The minimum absolute atomic E-state index is 0.185. The van der Waals surface area contributed by atoms with Gasteiger partial charge in [0.1, 0.15) is 0 Å². The molecular formula is C16H19NOS. The number of thioether (sulfide) groups is 1. The molecule has 0 unspecified atom stereocenters. The zero-order valence-corrected chi connectivity index (χ0v) is 12.6. The average molecular weight is 273 g/mol. The fraction of sp³-hybridized carbons (Fsp3) is 0.312. The summed E-state index contributed by atoms with van der Waals surface area (Å²) >= 11 is 1.60. The first-order valence-electron chi connectivity index (χ1n) is 6.37. The van der Waals surface area contributed by atoms with E-state index < -0.39 is 0 Å². The summed E-state index contributed by atoms with van der Waals surface area (Å²) in [6, 6.07) is 8.25. The molecule has 2 nitrogen and oxygen atoms in total. The second-order valence-corrected chi connectivity index (χ2v) is 6.00. The van der Waals surface area contributed by atoms with Gasteiger partial charge in [0.25, 0.3) is 0 Å². The molecule has 100 valence electrons. The van der Waals surface area contributed by atoms with Crippen LogP contribution in [0.1, 0.15) is 32.9 Å². The van der Waals surface area contributed by atoms with E-state index in [-0.39, 0.29) is 5.78 Å². The molecule has 0 aliphatic carbocycles. The van der Waals surface area contributed by atoms with Crippen molar-refractivity contribution < 1.29 is 4.79 Å². The van der Waals surface area contributed by atoms with Gasteiger partial charge in [0.05, 0.1) is 5.75 Å². The number of hydrogen-bond donors (Lipinski definition) is 1. The van der Waals surface area contributed by atoms with E-state index in [1.165, 1.54) is 11.1 Å². The van der Waals surface area contributed by atoms with Gasteiger partial charge in [-0.3, -0.25) is 4.79 Å². The van der Waals surface area contributed by atoms with Crippen LogP contribution in [0.4, 0.5) is 0 Å². The standard InChI is InChI=1S/C16H19NOS/c1-10-5-6-14(7-11(10)2)19-9-16(18)15-8-12(3)17-13(15)4/h5-8,17H,9H2,1-4H3. The molecule has 1 heterocycles. The normalized spacial score (nSPS) is 10.7. The number of carbonyl (C=O) groups excluding carboxylic acids is 1. The number of Topliss-reactive ketones (excluding diaryl/α,β-unsaturated/α-hetero) is 1. The lowest BCUT2D eigenvalue weighted by molar-refractivity contribution is 0.102. The van der Waals surface area contributed by atoms with E-state index in [0.717, 1.165) is 21.8 Å². The molecule has 1 aromatic carbocycles. The molecule has 0 radical (unpaired) electrons. The highest BCUT2D eigenvalue weighted by Crippen LogP contribution is 2.23. The summed E-state index contributed by atoms with van der Waals surface area (Å²) in [6.07, 6.45) is 0. The summed E-state index contributed by atoms with van der Waals surface area (Å²) in [4.78, 5) is 16.5. The molecule has 0 amide bonds. The maximum atomic E-state index is 12.2. The highest BCUT2D eigenvalue weighted by Gasteiger charge is 2.12. The first kappa shape index (κ1) is 13.9. The van der Waals surface area contributed by atoms with E-state index in [4.69, 9.17) is 0 Å². The van der Waals surface area contributed by atoms with Crippen LogP contribution in [0.15, 0.2) is 29.2 Å². The number of hydrogen-bond acceptors (Lipinski definition) is 2. The van der Waals surface area contributed by atoms with Crippen LogP contribution in [0.25, 0.3) is 0 Å². The number of H-pyrrole nitrogens is 1. The Kier molecular flexibility index (Phi) is 4.15. The minimum Gasteiger partial charge on any atom is -0.362 e. The number of ketones is 1. The molecule has 0 saturated carbocycles. The van der Waals surface area contributed by atoms with Gasteiger partial charge in [-0.15, -0.1) is 11.8 Å². The number of carbonyl (C=O) groups is 1. The van der Waals surface area contributed by atoms with Crippen molar-refractivity contribution in [2.75, 3.05) is 5.75 Å². The van der Waals surface area contributed by atoms with Crippen LogP contribution in [0.5, 0.6) is 0 Å². The number of nitrogens with one attached hydrogen (secondary N) is 1. The lowest BCUT2D eigenvalue weighted by Gasteiger charge is -2.04. The van der Waals surface area contributed by atoms with Gasteiger partial charge in [-0.2, -0.15) is 0 Å². The Labute approximate surface area is 118 Å². The lowest BCUT2D eigenvalue weighted by Crippen LogP contribution is -2.02. The third-order valence-electron chi connectivity index (χ3n) is 3.30. The fourth-order valence-corrected chi connectivity index (χ4v) is 2.92. The van der Waals surface area contributed by atoms with E-state index in [9.17, 15) is 4.79 Å². The van der Waals surface area contributed by atoms with Crippen molar-refractivity contribution in [1.29, 1.82) is 0 Å². The second kappa shape index (κ2) is 5.66.